The molecule has 12 aromatic rings. The number of hydrogen-bond donors (Lipinski definition) is 0. The summed E-state index contributed by atoms with van der Waals surface area (Å²) in [6.07, 6.45) is 0. The lowest BCUT2D eigenvalue weighted by Gasteiger charge is -2.40. The summed E-state index contributed by atoms with van der Waals surface area (Å²) in [6, 6.07) is 96.1. The topological polar surface area (TPSA) is 8.17 Å². The SMILES string of the molecule is c1ccc(-c2ccc(N(c3ccc4c(c3)C3(c5ccccc5-c5ccccc53)c3cccc5c6ccccc6n-4c35)c3cccc4c3-c3ccccc3C43c4ccccc4-c4ccccc43)cc2)cc1. The highest BCUT2D eigenvalue weighted by Crippen LogP contribution is 2.66. The van der Waals surface area contributed by atoms with Gasteiger partial charge in [-0.2, -0.15) is 0 Å². The average molecular weight is 887 g/mol. The molecule has 70 heavy (non-hydrogen) atoms. The minimum absolute atomic E-state index is 0.473. The van der Waals surface area contributed by atoms with Crippen molar-refractivity contribution in [1.82, 2.24) is 4.57 Å². The third-order valence-electron chi connectivity index (χ3n) is 16.4. The van der Waals surface area contributed by atoms with Crippen LogP contribution in [0.2, 0.25) is 0 Å². The Labute approximate surface area is 406 Å². The number of fused-ring (bicyclic) bond motifs is 22. The molecule has 2 spiro atoms. The van der Waals surface area contributed by atoms with Gasteiger partial charge in [0.1, 0.15) is 0 Å². The Morgan fingerprint density at radius 3 is 1.40 bits per heavy atom. The quantitative estimate of drug-likeness (QED) is 0.171. The van der Waals surface area contributed by atoms with Crippen molar-refractivity contribution in [3.05, 3.63) is 299 Å². The first kappa shape index (κ1) is 38.0. The zero-order valence-corrected chi connectivity index (χ0v) is 38.1. The van der Waals surface area contributed by atoms with Crippen molar-refractivity contribution in [3.8, 4) is 50.2 Å². The molecule has 0 amide bonds. The van der Waals surface area contributed by atoms with Crippen molar-refractivity contribution >= 4 is 38.9 Å². The Balaban J connectivity index is 1.02. The lowest BCUT2D eigenvalue weighted by atomic mass is 9.65. The van der Waals surface area contributed by atoms with Crippen LogP contribution in [0.1, 0.15) is 44.5 Å². The molecule has 1 aliphatic heterocycles. The summed E-state index contributed by atoms with van der Waals surface area (Å²) in [5, 5.41) is 2.56. The van der Waals surface area contributed by atoms with Crippen molar-refractivity contribution in [1.29, 1.82) is 0 Å². The maximum atomic E-state index is 2.56. The molecule has 0 fully saturated rings. The van der Waals surface area contributed by atoms with Crippen LogP contribution in [0, 0.1) is 0 Å². The third kappa shape index (κ3) is 4.59. The minimum atomic E-state index is -0.586. The lowest BCUT2D eigenvalue weighted by molar-refractivity contribution is 0.748. The van der Waals surface area contributed by atoms with Gasteiger partial charge in [0.2, 0.25) is 0 Å². The van der Waals surface area contributed by atoms with E-state index in [1.165, 1.54) is 117 Å². The second kappa shape index (κ2) is 13.8. The van der Waals surface area contributed by atoms with Crippen LogP contribution in [-0.2, 0) is 10.8 Å². The van der Waals surface area contributed by atoms with Gasteiger partial charge in [0.25, 0.3) is 0 Å². The van der Waals surface area contributed by atoms with Crippen LogP contribution >= 0.6 is 0 Å². The third-order valence-corrected chi connectivity index (χ3v) is 16.4. The summed E-state index contributed by atoms with van der Waals surface area (Å²) < 4.78 is 2.56. The molecule has 0 atom stereocenters. The molecule has 3 aliphatic carbocycles. The van der Waals surface area contributed by atoms with Crippen molar-refractivity contribution in [2.24, 2.45) is 0 Å². The van der Waals surface area contributed by atoms with E-state index in [0.717, 1.165) is 17.1 Å². The molecule has 0 bridgehead atoms. The van der Waals surface area contributed by atoms with Gasteiger partial charge in [-0.25, -0.2) is 0 Å². The van der Waals surface area contributed by atoms with Gasteiger partial charge in [0.15, 0.2) is 0 Å². The molecule has 2 heterocycles. The van der Waals surface area contributed by atoms with Crippen LogP contribution in [0.15, 0.2) is 255 Å². The Hall–Kier alpha value is -8.98. The van der Waals surface area contributed by atoms with Crippen molar-refractivity contribution in [2.75, 3.05) is 4.90 Å². The average Bonchev–Trinajstić information content (AvgIpc) is 4.13. The van der Waals surface area contributed by atoms with Gasteiger partial charge in [-0.05, 0) is 126 Å². The van der Waals surface area contributed by atoms with Gasteiger partial charge in [-0.3, -0.25) is 0 Å². The number of rotatable bonds is 4. The number of aromatic nitrogens is 1. The minimum Gasteiger partial charge on any atom is -0.310 e. The summed E-state index contributed by atoms with van der Waals surface area (Å²) in [4.78, 5) is 2.56. The molecule has 0 saturated heterocycles. The van der Waals surface area contributed by atoms with E-state index in [1.807, 2.05) is 0 Å². The molecule has 11 aromatic carbocycles. The van der Waals surface area contributed by atoms with E-state index in [4.69, 9.17) is 0 Å². The maximum absolute atomic E-state index is 2.56. The van der Waals surface area contributed by atoms with E-state index in [1.54, 1.807) is 0 Å². The molecule has 1 aromatic heterocycles. The van der Waals surface area contributed by atoms with E-state index in [-0.39, 0.29) is 0 Å². The highest BCUT2D eigenvalue weighted by Gasteiger charge is 2.53. The predicted octanol–water partition coefficient (Wildman–Crippen LogP) is 16.9. The molecule has 16 rings (SSSR count). The van der Waals surface area contributed by atoms with Gasteiger partial charge in [0, 0.05) is 27.7 Å². The summed E-state index contributed by atoms with van der Waals surface area (Å²) >= 11 is 0. The fourth-order valence-corrected chi connectivity index (χ4v) is 13.9. The van der Waals surface area contributed by atoms with Crippen molar-refractivity contribution in [2.45, 2.75) is 10.8 Å². The Morgan fingerprint density at radius 1 is 0.300 bits per heavy atom. The molecule has 0 saturated carbocycles. The van der Waals surface area contributed by atoms with Crippen LogP contribution in [0.5, 0.6) is 0 Å². The zero-order valence-electron chi connectivity index (χ0n) is 38.1. The first-order valence-corrected chi connectivity index (χ1v) is 24.5. The molecule has 2 nitrogen and oxygen atoms in total. The molecule has 4 aliphatic rings. The Kier molecular flexibility index (Phi) is 7.51. The van der Waals surface area contributed by atoms with Gasteiger partial charge >= 0.3 is 0 Å². The number of nitrogens with zero attached hydrogens (tertiary/aromatic N) is 2. The van der Waals surface area contributed by atoms with Crippen LogP contribution in [0.4, 0.5) is 17.1 Å². The zero-order chi connectivity index (χ0) is 45.7. The van der Waals surface area contributed by atoms with Gasteiger partial charge < -0.3 is 9.47 Å². The van der Waals surface area contributed by atoms with Crippen LogP contribution in [0.3, 0.4) is 0 Å². The Morgan fingerprint density at radius 2 is 0.757 bits per heavy atom. The maximum Gasteiger partial charge on any atom is 0.0755 e. The van der Waals surface area contributed by atoms with E-state index in [2.05, 4.69) is 264 Å². The summed E-state index contributed by atoms with van der Waals surface area (Å²) in [5.74, 6) is 0. The van der Waals surface area contributed by atoms with E-state index in [9.17, 15) is 0 Å². The van der Waals surface area contributed by atoms with Gasteiger partial charge in [-0.15, -0.1) is 0 Å². The monoisotopic (exact) mass is 886 g/mol. The predicted molar refractivity (Wildman–Crippen MR) is 288 cm³/mol. The number of anilines is 3. The fraction of sp³-hybridized carbons (Fsp3) is 0.0294. The lowest BCUT2D eigenvalue weighted by Crippen LogP contribution is -2.33. The normalized spacial score (nSPS) is 14.2. The smallest absolute Gasteiger partial charge is 0.0755 e. The van der Waals surface area contributed by atoms with Crippen molar-refractivity contribution < 1.29 is 0 Å². The number of para-hydroxylation sites is 2. The van der Waals surface area contributed by atoms with Crippen LogP contribution in [-0.4, -0.2) is 4.57 Å². The molecular weight excluding hydrogens is 845 g/mol. The van der Waals surface area contributed by atoms with E-state index >= 15 is 0 Å². The second-order valence-corrected chi connectivity index (χ2v) is 19.4. The molecule has 2 heteroatoms. The van der Waals surface area contributed by atoms with Crippen molar-refractivity contribution in [3.63, 3.8) is 0 Å². The van der Waals surface area contributed by atoms with Gasteiger partial charge in [-0.1, -0.05) is 212 Å². The molecule has 0 unspecified atom stereocenters. The molecule has 324 valence electrons. The second-order valence-electron chi connectivity index (χ2n) is 19.4. The molecule has 0 radical (unpaired) electrons. The van der Waals surface area contributed by atoms with Gasteiger partial charge in [0.05, 0.1) is 33.2 Å². The first-order valence-electron chi connectivity index (χ1n) is 24.5. The van der Waals surface area contributed by atoms with Crippen LogP contribution < -0.4 is 4.90 Å². The highest BCUT2D eigenvalue weighted by atomic mass is 15.1. The number of benzene rings is 11. The molecule has 0 N–H and O–H groups in total. The Bertz CT molecular complexity index is 4100. The van der Waals surface area contributed by atoms with E-state index in [0.29, 0.717) is 0 Å². The summed E-state index contributed by atoms with van der Waals surface area (Å²) in [5.41, 5.74) is 26.7. The number of hydrogen-bond acceptors (Lipinski definition) is 1. The largest absolute Gasteiger partial charge is 0.310 e. The van der Waals surface area contributed by atoms with E-state index < -0.39 is 10.8 Å². The van der Waals surface area contributed by atoms with Crippen LogP contribution in [0.25, 0.3) is 72.0 Å². The standard InChI is InChI=1S/C68H42N2/c1-2-18-43(19-3-1)44-36-38-45(39-37-44)69(64-35-17-32-59-65(64)53-25-8-14-31-58(53)67(59)54-27-10-4-20-47(54)48-21-5-11-28-55(48)67)46-40-41-63-61(42-46)68(56-29-12-6-22-49(56)50-23-7-13-30-57(50)68)60-33-16-26-52-51-24-9-15-34-62(51)70(63)66(52)60/h1-42H. The molecular formula is C68H42N2. The first-order chi connectivity index (χ1) is 34.8. The summed E-state index contributed by atoms with van der Waals surface area (Å²) in [7, 11) is 0. The highest BCUT2D eigenvalue weighted by molar-refractivity contribution is 6.13. The fourth-order valence-electron chi connectivity index (χ4n) is 13.9. The summed E-state index contributed by atoms with van der Waals surface area (Å²) in [6.45, 7) is 0.